The van der Waals surface area contributed by atoms with Crippen molar-refractivity contribution in [1.29, 1.82) is 0 Å². The van der Waals surface area contributed by atoms with Gasteiger partial charge < -0.3 is 24.5 Å². The molecule has 1 aromatic heterocycles. The third kappa shape index (κ3) is 12.6. The van der Waals surface area contributed by atoms with Crippen LogP contribution in [0.25, 0.3) is 25.1 Å². The summed E-state index contributed by atoms with van der Waals surface area (Å²) in [7, 11) is -11.6. The Balaban J connectivity index is 0.000000152. The van der Waals surface area contributed by atoms with Gasteiger partial charge in [0, 0.05) is 32.4 Å². The Morgan fingerprint density at radius 3 is 1.09 bits per heavy atom. The van der Waals surface area contributed by atoms with Gasteiger partial charge in [0.05, 0.1) is 0 Å². The molecule has 8 aromatic carbocycles. The molecule has 23 heteroatoms. The Kier molecular flexibility index (Phi) is 17.9. The lowest BCUT2D eigenvalue weighted by Gasteiger charge is -2.19. The molecule has 0 bridgehead atoms. The van der Waals surface area contributed by atoms with Crippen molar-refractivity contribution >= 4 is 85.0 Å². The molecule has 406 valence electrons. The molecule has 2 heterocycles. The topological polar surface area (TPSA) is 182 Å². The minimum atomic E-state index is -5.78. The van der Waals surface area contributed by atoms with Gasteiger partial charge in [-0.2, -0.15) is 0 Å². The zero-order chi connectivity index (χ0) is 57.7. The van der Waals surface area contributed by atoms with Crippen LogP contribution in [0.2, 0.25) is 0 Å². The molecule has 0 spiro atoms. The van der Waals surface area contributed by atoms with E-state index in [2.05, 4.69) is 147 Å². The number of hydrogen-bond acceptors (Lipinski definition) is 9. The summed E-state index contributed by atoms with van der Waals surface area (Å²) in [6, 6.07) is 55.7. The molecular weight excluding hydrogens is 1120 g/mol. The molecule has 1 aliphatic heterocycles. The van der Waals surface area contributed by atoms with Crippen LogP contribution in [0.5, 0.6) is 11.5 Å². The predicted molar refractivity (Wildman–Crippen MR) is 282 cm³/mol. The largest absolute Gasteiger partial charge is 0.744 e. The van der Waals surface area contributed by atoms with E-state index < -0.39 is 99.8 Å². The Morgan fingerprint density at radius 1 is 0.443 bits per heavy atom. The molecule has 2 N–H and O–H groups in total. The summed E-state index contributed by atoms with van der Waals surface area (Å²) in [5, 5.41) is 5.73. The molecule has 79 heavy (non-hydrogen) atoms. The Bertz CT molecular complexity index is 3830. The summed E-state index contributed by atoms with van der Waals surface area (Å²) in [5.74, 6) is -18.9. The standard InChI is InChI=1S/C18H13OS.C18H13S.2C10H7F4NO4S/c1-2-8-14(9-3-1)20-17-12-6-4-10-15(17)19-16-11-5-7-13-18(16)20;1-2-8-14(9-3-1)19-17-12-6-4-10-15(17)16-11-5-7-13-18(16)19;2*1-3(2)10(16)15-8-4(11)6(13)9(20(17,18)19)7(14)5(8)12/h1-13H;1-13H;2*1H2,2H3,(H,15,16)(H,17,18,19)/q2*+1;;/p-2. The van der Waals surface area contributed by atoms with Gasteiger partial charge in [-0.3, -0.25) is 9.59 Å². The number of nitrogens with one attached hydrogen (secondary N) is 2. The Hall–Kier alpha value is -8.19. The second-order valence-electron chi connectivity index (χ2n) is 16.5. The van der Waals surface area contributed by atoms with E-state index in [9.17, 15) is 70.7 Å². The van der Waals surface area contributed by atoms with Gasteiger partial charge in [0.2, 0.25) is 9.79 Å². The van der Waals surface area contributed by atoms with Crippen LogP contribution in [0.3, 0.4) is 0 Å². The van der Waals surface area contributed by atoms with Gasteiger partial charge in [-0.25, -0.2) is 52.0 Å². The Labute approximate surface area is 452 Å². The SMILES string of the molecule is C=C(C)C(=O)Nc1c(F)c(F)c(S(=O)(=O)[O-])c(F)c1F.C=C(C)C(=O)Nc1c(F)c(F)c(S(=O)(=O)[O-])c(F)c1F.c1ccc(-[s+]2c3ccccc3c3ccccc32)cc1.c1ccc([S+]2c3ccccc3Oc3ccccc32)cc1. The van der Waals surface area contributed by atoms with E-state index in [0.29, 0.717) is 0 Å². The van der Waals surface area contributed by atoms with Crippen molar-refractivity contribution in [2.75, 3.05) is 10.6 Å². The van der Waals surface area contributed by atoms with Gasteiger partial charge in [0.25, 0.3) is 11.8 Å². The Morgan fingerprint density at radius 2 is 0.747 bits per heavy atom. The summed E-state index contributed by atoms with van der Waals surface area (Å²) in [4.78, 5) is 23.0. The van der Waals surface area contributed by atoms with Crippen molar-refractivity contribution in [3.63, 3.8) is 0 Å². The monoisotopic (exact) mass is 1160 g/mol. The second-order valence-corrected chi connectivity index (χ2v) is 23.1. The van der Waals surface area contributed by atoms with Crippen molar-refractivity contribution < 1.29 is 75.4 Å². The number of ether oxygens (including phenoxy) is 1. The molecule has 0 aliphatic carbocycles. The lowest BCUT2D eigenvalue weighted by Crippen LogP contribution is -2.18. The van der Waals surface area contributed by atoms with E-state index in [1.807, 2.05) is 24.3 Å². The molecule has 0 radical (unpaired) electrons. The maximum Gasteiger partial charge on any atom is 0.250 e. The van der Waals surface area contributed by atoms with Crippen LogP contribution in [0.15, 0.2) is 207 Å². The number of thiophene rings is 1. The highest BCUT2D eigenvalue weighted by molar-refractivity contribution is 7.97. The maximum absolute atomic E-state index is 13.4. The summed E-state index contributed by atoms with van der Waals surface area (Å²) in [6.07, 6.45) is 0. The highest BCUT2D eigenvalue weighted by Crippen LogP contribution is 2.49. The number of rotatable bonds is 8. The number of carbonyl (C=O) groups excluding carboxylic acids is 2. The zero-order valence-electron chi connectivity index (χ0n) is 40.8. The fourth-order valence-corrected chi connectivity index (χ4v) is 13.3. The summed E-state index contributed by atoms with van der Waals surface area (Å²) >= 11 is 0. The molecule has 0 fully saturated rings. The van der Waals surface area contributed by atoms with E-state index in [4.69, 9.17) is 4.74 Å². The average molecular weight is 1160 g/mol. The first kappa shape index (κ1) is 58.5. The number of benzene rings is 8. The first-order valence-corrected chi connectivity index (χ1v) is 27.8. The molecule has 1 aliphatic rings. The predicted octanol–water partition coefficient (Wildman–Crippen LogP) is 13.9. The van der Waals surface area contributed by atoms with Crippen LogP contribution in [0.1, 0.15) is 13.8 Å². The third-order valence-corrected chi connectivity index (χ3v) is 17.4. The smallest absolute Gasteiger partial charge is 0.250 e. The minimum absolute atomic E-state index is 0.0594. The highest BCUT2D eigenvalue weighted by Gasteiger charge is 2.39. The molecule has 0 saturated carbocycles. The first-order chi connectivity index (χ1) is 37.3. The molecule has 10 rings (SSSR count). The van der Waals surface area contributed by atoms with Crippen LogP contribution >= 0.6 is 10.5 Å². The van der Waals surface area contributed by atoms with Crippen molar-refractivity contribution in [3.05, 3.63) is 229 Å². The summed E-state index contributed by atoms with van der Waals surface area (Å²) < 4.78 is 179. The number of fused-ring (bicyclic) bond motifs is 5. The van der Waals surface area contributed by atoms with Gasteiger partial charge in [-0.15, -0.1) is 0 Å². The van der Waals surface area contributed by atoms with E-state index in [1.165, 1.54) is 50.4 Å². The number of carbonyl (C=O) groups is 2. The lowest BCUT2D eigenvalue weighted by molar-refractivity contribution is -0.113. The number of anilines is 2. The fourth-order valence-electron chi connectivity index (χ4n) is 7.44. The van der Waals surface area contributed by atoms with Crippen molar-refractivity contribution in [2.24, 2.45) is 0 Å². The average Bonchev–Trinajstić information content (AvgIpc) is 3.87. The quantitative estimate of drug-likeness (QED) is 0.0492. The molecular formula is C56H38F8N2O9S4. The molecule has 9 aromatic rings. The molecule has 0 saturated heterocycles. The van der Waals surface area contributed by atoms with E-state index >= 15 is 0 Å². The highest BCUT2D eigenvalue weighted by atomic mass is 32.2. The normalized spacial score (nSPS) is 11.7. The van der Waals surface area contributed by atoms with Gasteiger partial charge in [0.15, 0.2) is 77.2 Å². The van der Waals surface area contributed by atoms with E-state index in [0.717, 1.165) is 25.3 Å². The van der Waals surface area contributed by atoms with Crippen LogP contribution in [-0.2, 0) is 40.7 Å². The first-order valence-electron chi connectivity index (χ1n) is 22.5. The number of halogens is 8. The molecule has 11 nitrogen and oxygen atoms in total. The minimum Gasteiger partial charge on any atom is -0.744 e. The van der Waals surface area contributed by atoms with E-state index in [-0.39, 0.29) is 32.5 Å². The van der Waals surface area contributed by atoms with Gasteiger partial charge in [-0.05, 0) is 86.6 Å². The maximum atomic E-state index is 13.4. The summed E-state index contributed by atoms with van der Waals surface area (Å²) in [6.45, 7) is 8.54. The van der Waals surface area contributed by atoms with Crippen LogP contribution in [0, 0.1) is 46.5 Å². The second kappa shape index (κ2) is 24.2. The van der Waals surface area contributed by atoms with E-state index in [1.54, 1.807) is 0 Å². The molecule has 0 unspecified atom stereocenters. The van der Waals surface area contributed by atoms with Crippen molar-refractivity contribution in [2.45, 2.75) is 38.3 Å². The number of hydrogen-bond donors (Lipinski definition) is 2. The zero-order valence-corrected chi connectivity index (χ0v) is 44.0. The van der Waals surface area contributed by atoms with Crippen molar-refractivity contribution in [1.82, 2.24) is 0 Å². The van der Waals surface area contributed by atoms with Crippen molar-refractivity contribution in [3.8, 4) is 16.4 Å². The van der Waals surface area contributed by atoms with Gasteiger partial charge in [0.1, 0.15) is 52.3 Å². The van der Waals surface area contributed by atoms with Crippen LogP contribution in [0.4, 0.5) is 46.5 Å². The number of amides is 2. The fraction of sp³-hybridized carbons (Fsp3) is 0.0357. The van der Waals surface area contributed by atoms with Gasteiger partial charge in [-0.1, -0.05) is 98.1 Å². The lowest BCUT2D eigenvalue weighted by atomic mass is 10.2. The van der Waals surface area contributed by atoms with Crippen LogP contribution in [-0.4, -0.2) is 37.8 Å². The van der Waals surface area contributed by atoms with Crippen LogP contribution < -0.4 is 15.4 Å². The summed E-state index contributed by atoms with van der Waals surface area (Å²) in [5.41, 5.74) is -3.57. The third-order valence-electron chi connectivity index (χ3n) is 11.0. The van der Waals surface area contributed by atoms with Gasteiger partial charge >= 0.3 is 0 Å². The molecule has 0 atom stereocenters. The molecule has 2 amide bonds. The number of para-hydroxylation sites is 2.